The van der Waals surface area contributed by atoms with Gasteiger partial charge in [0, 0.05) is 93.7 Å². The average Bonchev–Trinajstić information content (AvgIpc) is 3.65. The third-order valence-corrected chi connectivity index (χ3v) is 9.31. The molecule has 0 fully saturated rings. The molecule has 0 bridgehead atoms. The number of aromatic nitrogens is 6. The van der Waals surface area contributed by atoms with E-state index in [0.29, 0.717) is 11.8 Å². The van der Waals surface area contributed by atoms with E-state index >= 15 is 0 Å². The minimum atomic E-state index is 0.595. The number of ether oxygens (including phenoxy) is 2. The zero-order valence-corrected chi connectivity index (χ0v) is 27.1. The number of methoxy groups -OCH3 is 2. The summed E-state index contributed by atoms with van der Waals surface area (Å²) in [5, 5.41) is 4.93. The molecule has 0 atom stereocenters. The molecule has 0 unspecified atom stereocenters. The van der Waals surface area contributed by atoms with Crippen molar-refractivity contribution in [3.05, 3.63) is 110 Å². The summed E-state index contributed by atoms with van der Waals surface area (Å²) in [4.78, 5) is 18.6. The van der Waals surface area contributed by atoms with Crippen LogP contribution in [-0.4, -0.2) is 43.3 Å². The highest BCUT2D eigenvalue weighted by Crippen LogP contribution is 2.37. The van der Waals surface area contributed by atoms with E-state index in [1.165, 1.54) is 32.6 Å². The quantitative estimate of drug-likeness (QED) is 0.132. The molecule has 6 heterocycles. The molecule has 0 saturated carbocycles. The fourth-order valence-electron chi connectivity index (χ4n) is 7.07. The number of aryl methyl sites for hydroxylation is 2. The number of pyridine rings is 4. The van der Waals surface area contributed by atoms with E-state index in [1.807, 2.05) is 49.1 Å². The summed E-state index contributed by atoms with van der Waals surface area (Å²) in [5.41, 5.74) is 8.64. The number of benzene rings is 2. The van der Waals surface area contributed by atoms with E-state index in [2.05, 4.69) is 79.8 Å². The van der Waals surface area contributed by atoms with Crippen LogP contribution in [0, 0.1) is 0 Å². The Bertz CT molecular complexity index is 2210. The number of fused-ring (bicyclic) bond motifs is 6. The molecule has 0 aliphatic carbocycles. The van der Waals surface area contributed by atoms with Crippen LogP contribution in [0.15, 0.2) is 110 Å². The molecule has 48 heavy (non-hydrogen) atoms. The molecule has 6 aromatic heterocycles. The maximum Gasteiger partial charge on any atom is 0.212 e. The highest BCUT2D eigenvalue weighted by Gasteiger charge is 2.18. The van der Waals surface area contributed by atoms with Gasteiger partial charge in [-0.1, -0.05) is 49.2 Å². The predicted molar refractivity (Wildman–Crippen MR) is 193 cm³/mol. The van der Waals surface area contributed by atoms with Crippen molar-refractivity contribution >= 4 is 43.6 Å². The fraction of sp³-hybridized carbons (Fsp3) is 0.200. The minimum absolute atomic E-state index is 0.595. The molecule has 0 aliphatic heterocycles. The van der Waals surface area contributed by atoms with Gasteiger partial charge in [-0.25, -0.2) is 9.97 Å². The lowest BCUT2D eigenvalue weighted by Gasteiger charge is -2.12. The molecule has 0 spiro atoms. The number of unbranched alkanes of at least 4 members (excludes halogenated alkanes) is 3. The second-order valence-electron chi connectivity index (χ2n) is 12.0. The Balaban J connectivity index is 1.04. The second-order valence-corrected chi connectivity index (χ2v) is 12.0. The van der Waals surface area contributed by atoms with Gasteiger partial charge in [-0.05, 0) is 49.2 Å². The summed E-state index contributed by atoms with van der Waals surface area (Å²) in [6.45, 7) is 1.83. The van der Waals surface area contributed by atoms with Crippen molar-refractivity contribution in [3.63, 3.8) is 0 Å². The van der Waals surface area contributed by atoms with E-state index in [9.17, 15) is 0 Å². The van der Waals surface area contributed by atoms with Gasteiger partial charge in [0.2, 0.25) is 11.8 Å². The van der Waals surface area contributed by atoms with Gasteiger partial charge in [-0.3, -0.25) is 9.97 Å². The van der Waals surface area contributed by atoms with Crippen molar-refractivity contribution in [3.8, 4) is 34.3 Å². The van der Waals surface area contributed by atoms with Crippen LogP contribution >= 0.6 is 0 Å². The summed E-state index contributed by atoms with van der Waals surface area (Å²) in [5.74, 6) is 1.19. The zero-order valence-electron chi connectivity index (χ0n) is 27.1. The smallest absolute Gasteiger partial charge is 0.212 e. The van der Waals surface area contributed by atoms with Gasteiger partial charge < -0.3 is 18.6 Å². The molecule has 0 saturated heterocycles. The molecule has 238 valence electrons. The first-order valence-corrected chi connectivity index (χ1v) is 16.5. The molecule has 0 aliphatic rings. The Labute approximate surface area is 278 Å². The summed E-state index contributed by atoms with van der Waals surface area (Å²) in [6.07, 6.45) is 11.9. The van der Waals surface area contributed by atoms with Gasteiger partial charge in [0.15, 0.2) is 0 Å². The largest absolute Gasteiger partial charge is 0.481 e. The average molecular weight is 633 g/mol. The van der Waals surface area contributed by atoms with Gasteiger partial charge in [-0.15, -0.1) is 0 Å². The van der Waals surface area contributed by atoms with Crippen molar-refractivity contribution in [1.82, 2.24) is 29.1 Å². The SMILES string of the molecule is COc1ccc(-c2nccc3c4ccccc4n(CCCCCCn4c5ccccc5c5ccnc(-c6ccc(OC)nc6)c54)c23)cn1. The van der Waals surface area contributed by atoms with Crippen molar-refractivity contribution in [2.45, 2.75) is 38.8 Å². The maximum atomic E-state index is 5.30. The Kier molecular flexibility index (Phi) is 7.90. The Morgan fingerprint density at radius 1 is 0.479 bits per heavy atom. The van der Waals surface area contributed by atoms with E-state index in [0.717, 1.165) is 72.3 Å². The number of para-hydroxylation sites is 2. The number of hydrogen-bond donors (Lipinski definition) is 0. The molecule has 8 heteroatoms. The van der Waals surface area contributed by atoms with Gasteiger partial charge in [0.1, 0.15) is 0 Å². The Morgan fingerprint density at radius 3 is 1.35 bits per heavy atom. The van der Waals surface area contributed by atoms with Gasteiger partial charge in [0.25, 0.3) is 0 Å². The Hall–Kier alpha value is -5.76. The summed E-state index contributed by atoms with van der Waals surface area (Å²) in [7, 11) is 3.27. The number of rotatable bonds is 11. The van der Waals surface area contributed by atoms with Crippen LogP contribution in [0.4, 0.5) is 0 Å². The molecule has 8 nitrogen and oxygen atoms in total. The minimum Gasteiger partial charge on any atom is -0.481 e. The molecule has 8 aromatic rings. The zero-order chi connectivity index (χ0) is 32.5. The highest BCUT2D eigenvalue weighted by molar-refractivity contribution is 6.12. The van der Waals surface area contributed by atoms with Crippen LogP contribution in [0.5, 0.6) is 11.8 Å². The molecular formula is C40H36N6O2. The molecule has 0 radical (unpaired) electrons. The van der Waals surface area contributed by atoms with E-state index in [1.54, 1.807) is 14.2 Å². The maximum absolute atomic E-state index is 5.30. The lowest BCUT2D eigenvalue weighted by atomic mass is 10.1. The third-order valence-electron chi connectivity index (χ3n) is 9.31. The summed E-state index contributed by atoms with van der Waals surface area (Å²) in [6, 6.07) is 29.5. The van der Waals surface area contributed by atoms with Crippen molar-refractivity contribution < 1.29 is 9.47 Å². The lowest BCUT2D eigenvalue weighted by molar-refractivity contribution is 0.398. The monoisotopic (exact) mass is 632 g/mol. The van der Waals surface area contributed by atoms with Crippen molar-refractivity contribution in [2.24, 2.45) is 0 Å². The van der Waals surface area contributed by atoms with Gasteiger partial charge in [-0.2, -0.15) is 0 Å². The van der Waals surface area contributed by atoms with Crippen LogP contribution in [0.1, 0.15) is 25.7 Å². The van der Waals surface area contributed by atoms with E-state index in [-0.39, 0.29) is 0 Å². The first kappa shape index (κ1) is 29.6. The molecule has 0 amide bonds. The van der Waals surface area contributed by atoms with Crippen molar-refractivity contribution in [1.29, 1.82) is 0 Å². The third kappa shape index (κ3) is 5.19. The van der Waals surface area contributed by atoms with Crippen LogP contribution in [0.25, 0.3) is 66.1 Å². The molecule has 0 N–H and O–H groups in total. The van der Waals surface area contributed by atoms with E-state index in [4.69, 9.17) is 19.4 Å². The first-order chi connectivity index (χ1) is 23.7. The summed E-state index contributed by atoms with van der Waals surface area (Å²) < 4.78 is 15.5. The summed E-state index contributed by atoms with van der Waals surface area (Å²) >= 11 is 0. The van der Waals surface area contributed by atoms with Gasteiger partial charge >= 0.3 is 0 Å². The number of nitrogens with zero attached hydrogens (tertiary/aromatic N) is 6. The molecule has 2 aromatic carbocycles. The molecule has 8 rings (SSSR count). The van der Waals surface area contributed by atoms with Crippen LogP contribution in [0.3, 0.4) is 0 Å². The van der Waals surface area contributed by atoms with Crippen molar-refractivity contribution in [2.75, 3.05) is 14.2 Å². The van der Waals surface area contributed by atoms with Gasteiger partial charge in [0.05, 0.1) is 36.6 Å². The van der Waals surface area contributed by atoms with Crippen LogP contribution in [-0.2, 0) is 13.1 Å². The van der Waals surface area contributed by atoms with Crippen LogP contribution < -0.4 is 9.47 Å². The van der Waals surface area contributed by atoms with Crippen LogP contribution in [0.2, 0.25) is 0 Å². The predicted octanol–water partition coefficient (Wildman–Crippen LogP) is 9.09. The topological polar surface area (TPSA) is 79.9 Å². The first-order valence-electron chi connectivity index (χ1n) is 16.5. The van der Waals surface area contributed by atoms with E-state index < -0.39 is 0 Å². The highest BCUT2D eigenvalue weighted by atomic mass is 16.5. The fourth-order valence-corrected chi connectivity index (χ4v) is 7.07. The standard InChI is InChI=1S/C40H36N6O2/c1-47-35-17-15-27(25-43-35)37-39-31(19-21-41-37)29-11-5-7-13-33(29)45(39)23-9-3-4-10-24-46-34-14-8-6-12-30(34)32-20-22-42-38(40(32)46)28-16-18-36(48-2)44-26-28/h5-8,11-22,25-26H,3-4,9-10,23-24H2,1-2H3. The second kappa shape index (κ2) is 12.8. The lowest BCUT2D eigenvalue weighted by Crippen LogP contribution is -2.02. The Morgan fingerprint density at radius 2 is 0.938 bits per heavy atom. The molecular weight excluding hydrogens is 596 g/mol. The number of hydrogen-bond acceptors (Lipinski definition) is 6. The normalized spacial score (nSPS) is 11.6.